The lowest BCUT2D eigenvalue weighted by atomic mass is 9.85. The Morgan fingerprint density at radius 1 is 1.18 bits per heavy atom. The fourth-order valence-corrected chi connectivity index (χ4v) is 6.54. The van der Waals surface area contributed by atoms with Gasteiger partial charge in [0.2, 0.25) is 0 Å². The van der Waals surface area contributed by atoms with Crippen molar-refractivity contribution in [1.29, 1.82) is 0 Å². The van der Waals surface area contributed by atoms with Gasteiger partial charge < -0.3 is 21.4 Å². The predicted octanol–water partition coefficient (Wildman–Crippen LogP) is 4.61. The van der Waals surface area contributed by atoms with Crippen LogP contribution in [0.1, 0.15) is 42.9 Å². The molecule has 2 aromatic carbocycles. The average Bonchev–Trinajstić information content (AvgIpc) is 3.44. The third-order valence-corrected chi connectivity index (χ3v) is 8.68. The maximum Gasteiger partial charge on any atom is 0.131 e. The van der Waals surface area contributed by atoms with Crippen LogP contribution in [0.5, 0.6) is 0 Å². The standard InChI is InChI=1S/C27H31IN6/c1-26(19-10-8-18(9-11-19)15-31-20-6-3-2-4-7-20)23-24(21(28)16-32-25(23)29)34(33-26)22-14-27(22)12-5-13-30-17-27/h2-4,6-11,16,22,30-31,33H,5,12-15,17H2,1H3,(H2,29,32). The van der Waals surface area contributed by atoms with Crippen LogP contribution in [0.25, 0.3) is 0 Å². The Labute approximate surface area is 214 Å². The summed E-state index contributed by atoms with van der Waals surface area (Å²) in [5, 5.41) is 9.54. The van der Waals surface area contributed by atoms with Gasteiger partial charge in [0.1, 0.15) is 5.82 Å². The number of anilines is 3. The molecule has 1 saturated heterocycles. The van der Waals surface area contributed by atoms with Crippen LogP contribution >= 0.6 is 22.6 Å². The van der Waals surface area contributed by atoms with Gasteiger partial charge in [0.05, 0.1) is 20.8 Å². The summed E-state index contributed by atoms with van der Waals surface area (Å²) in [6.07, 6.45) is 5.66. The zero-order valence-electron chi connectivity index (χ0n) is 19.4. The second-order valence-corrected chi connectivity index (χ2v) is 11.3. The Morgan fingerprint density at radius 3 is 2.71 bits per heavy atom. The van der Waals surface area contributed by atoms with Crippen LogP contribution in [-0.4, -0.2) is 24.1 Å². The van der Waals surface area contributed by atoms with Gasteiger partial charge in [0, 0.05) is 36.0 Å². The van der Waals surface area contributed by atoms with E-state index in [0.717, 1.165) is 34.5 Å². The van der Waals surface area contributed by atoms with Crippen LogP contribution in [-0.2, 0) is 12.1 Å². The van der Waals surface area contributed by atoms with E-state index in [9.17, 15) is 0 Å². The number of halogens is 1. The zero-order chi connectivity index (χ0) is 23.3. The number of piperidine rings is 1. The first-order valence-electron chi connectivity index (χ1n) is 12.1. The number of nitrogens with zero attached hydrogens (tertiary/aromatic N) is 2. The molecule has 0 amide bonds. The van der Waals surface area contributed by atoms with Crippen LogP contribution in [0.15, 0.2) is 60.8 Å². The number of benzene rings is 2. The largest absolute Gasteiger partial charge is 0.383 e. The van der Waals surface area contributed by atoms with E-state index in [1.807, 2.05) is 12.3 Å². The SMILES string of the molecule is CC1(c2ccc(CNc3ccccc3)cc2)NN(C2CC23CCCNC3)c2c(I)cnc(N)c21. The molecule has 1 spiro atoms. The lowest BCUT2D eigenvalue weighted by Gasteiger charge is -2.32. The van der Waals surface area contributed by atoms with Crippen LogP contribution in [0.4, 0.5) is 17.2 Å². The Morgan fingerprint density at radius 2 is 1.97 bits per heavy atom. The fourth-order valence-electron chi connectivity index (χ4n) is 5.87. The molecule has 0 bridgehead atoms. The highest BCUT2D eigenvalue weighted by Crippen LogP contribution is 2.58. The third-order valence-electron chi connectivity index (χ3n) is 7.89. The van der Waals surface area contributed by atoms with Gasteiger partial charge in [-0.2, -0.15) is 0 Å². The van der Waals surface area contributed by atoms with E-state index in [2.05, 4.69) is 104 Å². The van der Waals surface area contributed by atoms with E-state index in [1.54, 1.807) is 0 Å². The molecule has 3 unspecified atom stereocenters. The predicted molar refractivity (Wildman–Crippen MR) is 147 cm³/mol. The second-order valence-electron chi connectivity index (χ2n) is 10.1. The van der Waals surface area contributed by atoms with Crippen LogP contribution < -0.4 is 26.8 Å². The number of aromatic nitrogens is 1. The molecule has 7 heteroatoms. The van der Waals surface area contributed by atoms with Gasteiger partial charge >= 0.3 is 0 Å². The van der Waals surface area contributed by atoms with Crippen molar-refractivity contribution in [2.75, 3.05) is 29.1 Å². The summed E-state index contributed by atoms with van der Waals surface area (Å²) >= 11 is 2.41. The zero-order valence-corrected chi connectivity index (χ0v) is 21.6. The lowest BCUT2D eigenvalue weighted by Crippen LogP contribution is -2.49. The normalized spacial score (nSPS) is 27.6. The molecule has 2 fully saturated rings. The van der Waals surface area contributed by atoms with Crippen molar-refractivity contribution in [2.24, 2.45) is 5.41 Å². The van der Waals surface area contributed by atoms with Crippen molar-refractivity contribution in [3.05, 3.63) is 81.1 Å². The Balaban J connectivity index is 1.29. The van der Waals surface area contributed by atoms with E-state index in [4.69, 9.17) is 5.73 Å². The number of para-hydroxylation sites is 1. The maximum absolute atomic E-state index is 6.55. The van der Waals surface area contributed by atoms with Gasteiger partial charge in [-0.25, -0.2) is 10.4 Å². The van der Waals surface area contributed by atoms with Gasteiger partial charge in [0.25, 0.3) is 0 Å². The molecule has 3 heterocycles. The number of pyridine rings is 1. The smallest absolute Gasteiger partial charge is 0.131 e. The quantitative estimate of drug-likeness (QED) is 0.338. The van der Waals surface area contributed by atoms with Crippen molar-refractivity contribution in [3.63, 3.8) is 0 Å². The number of nitrogen functional groups attached to an aromatic ring is 1. The molecule has 2 aliphatic heterocycles. The summed E-state index contributed by atoms with van der Waals surface area (Å²) in [6.45, 7) is 5.26. The van der Waals surface area contributed by atoms with Crippen molar-refractivity contribution in [3.8, 4) is 0 Å². The fraction of sp³-hybridized carbons (Fsp3) is 0.370. The van der Waals surface area contributed by atoms with Gasteiger partial charge in [-0.05, 0) is 78.6 Å². The summed E-state index contributed by atoms with van der Waals surface area (Å²) in [7, 11) is 0. The van der Waals surface area contributed by atoms with E-state index in [-0.39, 0.29) is 0 Å². The lowest BCUT2D eigenvalue weighted by molar-refractivity contribution is 0.330. The van der Waals surface area contributed by atoms with Gasteiger partial charge in [-0.15, -0.1) is 0 Å². The summed E-state index contributed by atoms with van der Waals surface area (Å²) in [5.41, 5.74) is 16.3. The number of hydrazine groups is 1. The molecule has 1 aromatic heterocycles. The maximum atomic E-state index is 6.55. The molecule has 3 aromatic rings. The van der Waals surface area contributed by atoms with Crippen LogP contribution in [0.2, 0.25) is 0 Å². The highest BCUT2D eigenvalue weighted by Gasteiger charge is 2.60. The highest BCUT2D eigenvalue weighted by molar-refractivity contribution is 14.1. The molecule has 0 radical (unpaired) electrons. The van der Waals surface area contributed by atoms with Gasteiger partial charge in [-0.3, -0.25) is 0 Å². The Hall–Kier alpha value is -2.36. The molecule has 5 N–H and O–H groups in total. The molecule has 6 nitrogen and oxygen atoms in total. The summed E-state index contributed by atoms with van der Waals surface area (Å²) in [5.74, 6) is 0.610. The van der Waals surface area contributed by atoms with Crippen molar-refractivity contribution in [1.82, 2.24) is 15.7 Å². The first-order valence-corrected chi connectivity index (χ1v) is 13.2. The number of rotatable bonds is 5. The Bertz CT molecular complexity index is 1190. The number of nitrogens with two attached hydrogens (primary N) is 1. The monoisotopic (exact) mass is 566 g/mol. The number of hydrogen-bond acceptors (Lipinski definition) is 6. The van der Waals surface area contributed by atoms with Crippen LogP contribution in [0, 0.1) is 8.99 Å². The molecule has 34 heavy (non-hydrogen) atoms. The number of nitrogens with one attached hydrogen (secondary N) is 3. The molecule has 3 aliphatic rings. The van der Waals surface area contributed by atoms with E-state index >= 15 is 0 Å². The van der Waals surface area contributed by atoms with Crippen molar-refractivity contribution < 1.29 is 0 Å². The highest BCUT2D eigenvalue weighted by atomic mass is 127. The van der Waals surface area contributed by atoms with Gasteiger partial charge in [0.15, 0.2) is 0 Å². The van der Waals surface area contributed by atoms with E-state index < -0.39 is 5.54 Å². The molecule has 176 valence electrons. The van der Waals surface area contributed by atoms with E-state index in [1.165, 1.54) is 36.1 Å². The number of fused-ring (bicyclic) bond motifs is 1. The Kier molecular flexibility index (Phi) is 5.46. The minimum absolute atomic E-state index is 0.363. The van der Waals surface area contributed by atoms with Crippen molar-refractivity contribution in [2.45, 2.75) is 44.3 Å². The third kappa shape index (κ3) is 3.65. The van der Waals surface area contributed by atoms with E-state index in [0.29, 0.717) is 17.3 Å². The minimum Gasteiger partial charge on any atom is -0.383 e. The first kappa shape index (κ1) is 22.1. The topological polar surface area (TPSA) is 78.2 Å². The first-order chi connectivity index (χ1) is 16.5. The molecule has 6 rings (SSSR count). The molecule has 1 aliphatic carbocycles. The summed E-state index contributed by atoms with van der Waals surface area (Å²) < 4.78 is 1.15. The second kappa shape index (κ2) is 8.39. The van der Waals surface area contributed by atoms with Crippen molar-refractivity contribution >= 4 is 39.8 Å². The summed E-state index contributed by atoms with van der Waals surface area (Å²) in [6, 6.07) is 19.7. The molecular weight excluding hydrogens is 535 g/mol. The summed E-state index contributed by atoms with van der Waals surface area (Å²) in [4.78, 5) is 4.55. The average molecular weight is 566 g/mol. The molecule has 1 saturated carbocycles. The van der Waals surface area contributed by atoms with Crippen LogP contribution in [0.3, 0.4) is 0 Å². The van der Waals surface area contributed by atoms with Gasteiger partial charge in [-0.1, -0.05) is 42.5 Å². The minimum atomic E-state index is -0.426. The molecular formula is C27H31IN6. The number of hydrogen-bond donors (Lipinski definition) is 4. The molecule has 3 atom stereocenters.